The highest BCUT2D eigenvalue weighted by Crippen LogP contribution is 2.24. The standard InChI is InChI=1S/C17H24N2O/c1-19-12-14(15-7-3-4-8-16(15)19)11-18-10-13-6-2-5-9-17(13)20/h3-4,7-8,12-13,17-18,20H,2,5-6,9-11H2,1H3. The molecule has 0 saturated heterocycles. The van der Waals surface area contributed by atoms with Gasteiger partial charge in [0.1, 0.15) is 0 Å². The third-order valence-corrected chi connectivity index (χ3v) is 4.57. The number of para-hydroxylation sites is 1. The monoisotopic (exact) mass is 272 g/mol. The van der Waals surface area contributed by atoms with Gasteiger partial charge in [-0.1, -0.05) is 31.0 Å². The summed E-state index contributed by atoms with van der Waals surface area (Å²) in [5.74, 6) is 0.429. The number of aliphatic hydroxyl groups is 1. The van der Waals surface area contributed by atoms with Crippen molar-refractivity contribution < 1.29 is 5.11 Å². The van der Waals surface area contributed by atoms with E-state index in [0.717, 1.165) is 25.9 Å². The van der Waals surface area contributed by atoms with Crippen molar-refractivity contribution in [3.63, 3.8) is 0 Å². The fourth-order valence-electron chi connectivity index (χ4n) is 3.38. The van der Waals surface area contributed by atoms with Crippen LogP contribution in [0.15, 0.2) is 30.5 Å². The van der Waals surface area contributed by atoms with Crippen LogP contribution in [0.4, 0.5) is 0 Å². The minimum Gasteiger partial charge on any atom is -0.393 e. The van der Waals surface area contributed by atoms with E-state index in [-0.39, 0.29) is 6.10 Å². The Bertz CT molecular complexity index is 575. The summed E-state index contributed by atoms with van der Waals surface area (Å²) in [6.07, 6.45) is 6.67. The van der Waals surface area contributed by atoms with Crippen molar-refractivity contribution in [1.29, 1.82) is 0 Å². The van der Waals surface area contributed by atoms with Crippen LogP contribution in [0, 0.1) is 5.92 Å². The van der Waals surface area contributed by atoms with Crippen LogP contribution in [0.2, 0.25) is 0 Å². The molecule has 3 heteroatoms. The van der Waals surface area contributed by atoms with Crippen LogP contribution in [-0.4, -0.2) is 22.3 Å². The summed E-state index contributed by atoms with van der Waals surface area (Å²) in [5.41, 5.74) is 2.62. The topological polar surface area (TPSA) is 37.2 Å². The first-order valence-corrected chi connectivity index (χ1v) is 7.67. The van der Waals surface area contributed by atoms with Crippen molar-refractivity contribution in [1.82, 2.24) is 9.88 Å². The van der Waals surface area contributed by atoms with Crippen molar-refractivity contribution in [2.24, 2.45) is 13.0 Å². The molecular weight excluding hydrogens is 248 g/mol. The van der Waals surface area contributed by atoms with Gasteiger partial charge in [-0.3, -0.25) is 0 Å². The molecule has 0 bridgehead atoms. The molecule has 2 aromatic rings. The molecule has 0 spiro atoms. The van der Waals surface area contributed by atoms with Gasteiger partial charge in [-0.15, -0.1) is 0 Å². The van der Waals surface area contributed by atoms with Crippen molar-refractivity contribution in [3.8, 4) is 0 Å². The maximum atomic E-state index is 10.00. The van der Waals surface area contributed by atoms with E-state index in [9.17, 15) is 5.11 Å². The Labute approximate surface area is 120 Å². The molecule has 0 radical (unpaired) electrons. The molecule has 3 nitrogen and oxygen atoms in total. The van der Waals surface area contributed by atoms with E-state index in [1.165, 1.54) is 29.3 Å². The Hall–Kier alpha value is -1.32. The van der Waals surface area contributed by atoms with Crippen LogP contribution in [0.1, 0.15) is 31.2 Å². The SMILES string of the molecule is Cn1cc(CNCC2CCCCC2O)c2ccccc21. The first kappa shape index (κ1) is 13.7. The number of aromatic nitrogens is 1. The second-order valence-corrected chi connectivity index (χ2v) is 6.03. The van der Waals surface area contributed by atoms with Gasteiger partial charge >= 0.3 is 0 Å². The molecule has 3 rings (SSSR count). The average molecular weight is 272 g/mol. The van der Waals surface area contributed by atoms with Gasteiger partial charge in [0.05, 0.1) is 6.10 Å². The molecule has 1 heterocycles. The lowest BCUT2D eigenvalue weighted by molar-refractivity contribution is 0.0695. The Morgan fingerprint density at radius 1 is 1.25 bits per heavy atom. The molecule has 2 atom stereocenters. The molecule has 1 aliphatic carbocycles. The lowest BCUT2D eigenvalue weighted by Gasteiger charge is -2.27. The largest absolute Gasteiger partial charge is 0.393 e. The van der Waals surface area contributed by atoms with Crippen molar-refractivity contribution >= 4 is 10.9 Å². The third kappa shape index (κ3) is 2.74. The highest BCUT2D eigenvalue weighted by Gasteiger charge is 2.22. The van der Waals surface area contributed by atoms with E-state index in [1.807, 2.05) is 0 Å². The minimum atomic E-state index is -0.108. The molecular formula is C17H24N2O. The summed E-state index contributed by atoms with van der Waals surface area (Å²) in [6.45, 7) is 1.80. The Morgan fingerprint density at radius 2 is 2.05 bits per heavy atom. The van der Waals surface area contributed by atoms with Crippen LogP contribution >= 0.6 is 0 Å². The molecule has 1 aromatic heterocycles. The van der Waals surface area contributed by atoms with Gasteiger partial charge in [-0.25, -0.2) is 0 Å². The number of aliphatic hydroxyl groups excluding tert-OH is 1. The molecule has 1 aliphatic rings. The lowest BCUT2D eigenvalue weighted by atomic mass is 9.86. The number of nitrogens with one attached hydrogen (secondary N) is 1. The molecule has 0 aliphatic heterocycles. The van der Waals surface area contributed by atoms with Gasteiger partial charge in [0.2, 0.25) is 0 Å². The number of aryl methyl sites for hydroxylation is 1. The maximum Gasteiger partial charge on any atom is 0.0580 e. The quantitative estimate of drug-likeness (QED) is 0.898. The zero-order valence-electron chi connectivity index (χ0n) is 12.2. The smallest absolute Gasteiger partial charge is 0.0580 e. The van der Waals surface area contributed by atoms with Crippen molar-refractivity contribution in [2.45, 2.75) is 38.3 Å². The van der Waals surface area contributed by atoms with E-state index in [1.54, 1.807) is 0 Å². The molecule has 0 amide bonds. The zero-order valence-corrected chi connectivity index (χ0v) is 12.2. The fraction of sp³-hybridized carbons (Fsp3) is 0.529. The summed E-state index contributed by atoms with van der Waals surface area (Å²) in [6, 6.07) is 8.51. The third-order valence-electron chi connectivity index (χ3n) is 4.57. The van der Waals surface area contributed by atoms with E-state index >= 15 is 0 Å². The number of rotatable bonds is 4. The van der Waals surface area contributed by atoms with Crippen LogP contribution in [0.25, 0.3) is 10.9 Å². The predicted molar refractivity (Wildman–Crippen MR) is 82.6 cm³/mol. The highest BCUT2D eigenvalue weighted by molar-refractivity contribution is 5.83. The zero-order chi connectivity index (χ0) is 13.9. The number of nitrogens with zero attached hydrogens (tertiary/aromatic N) is 1. The van der Waals surface area contributed by atoms with Gasteiger partial charge < -0.3 is 15.0 Å². The highest BCUT2D eigenvalue weighted by atomic mass is 16.3. The van der Waals surface area contributed by atoms with Crippen LogP contribution in [0.5, 0.6) is 0 Å². The second kappa shape index (κ2) is 5.98. The van der Waals surface area contributed by atoms with Gasteiger partial charge in [-0.2, -0.15) is 0 Å². The van der Waals surface area contributed by atoms with Crippen LogP contribution < -0.4 is 5.32 Å². The summed E-state index contributed by atoms with van der Waals surface area (Å²) in [5, 5.41) is 14.9. The van der Waals surface area contributed by atoms with E-state index in [4.69, 9.17) is 0 Å². The van der Waals surface area contributed by atoms with Gasteiger partial charge in [-0.05, 0) is 30.4 Å². The molecule has 1 fully saturated rings. The normalized spacial score (nSPS) is 23.3. The van der Waals surface area contributed by atoms with Gasteiger partial charge in [0.25, 0.3) is 0 Å². The lowest BCUT2D eigenvalue weighted by Crippen LogP contribution is -2.33. The molecule has 1 aromatic carbocycles. The molecule has 2 N–H and O–H groups in total. The van der Waals surface area contributed by atoms with E-state index < -0.39 is 0 Å². The number of fused-ring (bicyclic) bond motifs is 1. The van der Waals surface area contributed by atoms with E-state index in [0.29, 0.717) is 5.92 Å². The maximum absolute atomic E-state index is 10.00. The number of benzene rings is 1. The Morgan fingerprint density at radius 3 is 2.90 bits per heavy atom. The number of hydrogen-bond donors (Lipinski definition) is 2. The molecule has 20 heavy (non-hydrogen) atoms. The predicted octanol–water partition coefficient (Wildman–Crippen LogP) is 2.82. The van der Waals surface area contributed by atoms with Gasteiger partial charge in [0, 0.05) is 37.2 Å². The van der Waals surface area contributed by atoms with Crippen molar-refractivity contribution in [2.75, 3.05) is 6.54 Å². The van der Waals surface area contributed by atoms with Gasteiger partial charge in [0.15, 0.2) is 0 Å². The van der Waals surface area contributed by atoms with E-state index in [2.05, 4.69) is 47.4 Å². The first-order valence-electron chi connectivity index (χ1n) is 7.67. The summed E-state index contributed by atoms with van der Waals surface area (Å²) in [7, 11) is 2.09. The summed E-state index contributed by atoms with van der Waals surface area (Å²) in [4.78, 5) is 0. The summed E-state index contributed by atoms with van der Waals surface area (Å²) < 4.78 is 2.18. The fourth-order valence-corrected chi connectivity index (χ4v) is 3.38. The van der Waals surface area contributed by atoms with Crippen LogP contribution in [0.3, 0.4) is 0 Å². The average Bonchev–Trinajstić information content (AvgIpc) is 2.78. The molecule has 1 saturated carbocycles. The Kier molecular flexibility index (Phi) is 4.08. The first-order chi connectivity index (χ1) is 9.75. The Balaban J connectivity index is 1.62. The summed E-state index contributed by atoms with van der Waals surface area (Å²) >= 11 is 0. The minimum absolute atomic E-state index is 0.108. The van der Waals surface area contributed by atoms with Crippen LogP contribution in [-0.2, 0) is 13.6 Å². The molecule has 108 valence electrons. The molecule has 2 unspecified atom stereocenters. The van der Waals surface area contributed by atoms with Crippen molar-refractivity contribution in [3.05, 3.63) is 36.0 Å². The second-order valence-electron chi connectivity index (χ2n) is 6.03. The number of hydrogen-bond acceptors (Lipinski definition) is 2.